The largest absolute Gasteiger partial charge is 0.462 e. The summed E-state index contributed by atoms with van der Waals surface area (Å²) in [5.74, 6) is 0. The lowest BCUT2D eigenvalue weighted by Gasteiger charge is -2.26. The first-order valence-electron chi connectivity index (χ1n) is 4.88. The molecule has 0 aliphatic carbocycles. The van der Waals surface area contributed by atoms with Crippen LogP contribution in [0.25, 0.3) is 0 Å². The first-order chi connectivity index (χ1) is 6.89. The quantitative estimate of drug-likeness (QED) is 0.476. The molecule has 0 aliphatic rings. The zero-order valence-electron chi connectivity index (χ0n) is 9.47. The average molecular weight is 220 g/mol. The molecule has 0 rings (SSSR count). The summed E-state index contributed by atoms with van der Waals surface area (Å²) in [6, 6.07) is 0. The lowest BCUT2D eigenvalue weighted by Crippen LogP contribution is -2.31. The summed E-state index contributed by atoms with van der Waals surface area (Å²) in [6.45, 7) is 5.87. The number of aliphatic hydroxyl groups is 2. The monoisotopic (exact) mass is 220 g/mol. The summed E-state index contributed by atoms with van der Waals surface area (Å²) in [5, 5.41) is 18.3. The molecular weight excluding hydrogens is 200 g/mol. The van der Waals surface area contributed by atoms with E-state index in [0.29, 0.717) is 6.42 Å². The molecule has 0 fully saturated rings. The molecule has 0 aromatic rings. The van der Waals surface area contributed by atoms with Crippen molar-refractivity contribution in [3.63, 3.8) is 0 Å². The van der Waals surface area contributed by atoms with Gasteiger partial charge < -0.3 is 19.7 Å². The highest BCUT2D eigenvalue weighted by atomic mass is 16.6. The summed E-state index contributed by atoms with van der Waals surface area (Å²) in [6.07, 6.45) is -1.02. The molecule has 0 aliphatic heterocycles. The number of carbonyl (C=O) groups is 1. The third-order valence-corrected chi connectivity index (χ3v) is 1.70. The van der Waals surface area contributed by atoms with Crippen molar-refractivity contribution in [2.24, 2.45) is 5.41 Å². The van der Waals surface area contributed by atoms with E-state index in [1.165, 1.54) is 0 Å². The maximum atomic E-state index is 9.86. The van der Waals surface area contributed by atoms with Crippen molar-refractivity contribution >= 4 is 6.47 Å². The highest BCUT2D eigenvalue weighted by Gasteiger charge is 2.21. The standard InChI is InChI=1S/C10H20O5/c1-10(2,3)4-8(5-11)15-9(13)6-14-7-12/h7-9,11,13H,4-6H2,1-3H3. The molecule has 0 radical (unpaired) electrons. The van der Waals surface area contributed by atoms with Gasteiger partial charge in [0.2, 0.25) is 0 Å². The predicted molar refractivity (Wildman–Crippen MR) is 54.1 cm³/mol. The molecule has 0 heterocycles. The van der Waals surface area contributed by atoms with Crippen LogP contribution in [0.15, 0.2) is 0 Å². The molecule has 2 unspecified atom stereocenters. The summed E-state index contributed by atoms with van der Waals surface area (Å²) >= 11 is 0. The predicted octanol–water partition coefficient (Wildman–Crippen LogP) is 0.291. The number of ether oxygens (including phenoxy) is 2. The molecule has 0 aromatic carbocycles. The SMILES string of the molecule is CC(C)(C)CC(CO)OC(O)COC=O. The number of carbonyl (C=O) groups excluding carboxylic acids is 1. The van der Waals surface area contributed by atoms with Crippen LogP contribution in [-0.2, 0) is 14.3 Å². The van der Waals surface area contributed by atoms with Crippen LogP contribution in [0.4, 0.5) is 0 Å². The van der Waals surface area contributed by atoms with Crippen molar-refractivity contribution in [3.8, 4) is 0 Å². The van der Waals surface area contributed by atoms with E-state index >= 15 is 0 Å². The molecule has 0 saturated carbocycles. The summed E-state index contributed by atoms with van der Waals surface area (Å²) in [4.78, 5) is 9.86. The Balaban J connectivity index is 3.92. The Labute approximate surface area is 90.0 Å². The van der Waals surface area contributed by atoms with Gasteiger partial charge in [-0.15, -0.1) is 0 Å². The summed E-state index contributed by atoms with van der Waals surface area (Å²) in [7, 11) is 0. The zero-order valence-corrected chi connectivity index (χ0v) is 9.47. The van der Waals surface area contributed by atoms with Crippen LogP contribution in [0, 0.1) is 5.41 Å². The van der Waals surface area contributed by atoms with Crippen LogP contribution >= 0.6 is 0 Å². The minimum Gasteiger partial charge on any atom is -0.462 e. The zero-order chi connectivity index (χ0) is 11.9. The number of aliphatic hydroxyl groups excluding tert-OH is 2. The number of rotatable bonds is 7. The van der Waals surface area contributed by atoms with Gasteiger partial charge in [0, 0.05) is 0 Å². The van der Waals surface area contributed by atoms with Gasteiger partial charge in [-0.3, -0.25) is 4.79 Å². The van der Waals surface area contributed by atoms with Crippen LogP contribution in [0.5, 0.6) is 0 Å². The fraction of sp³-hybridized carbons (Fsp3) is 0.900. The Kier molecular flexibility index (Phi) is 6.47. The van der Waals surface area contributed by atoms with Crippen molar-refractivity contribution < 1.29 is 24.5 Å². The Morgan fingerprint density at radius 2 is 2.00 bits per heavy atom. The Hall–Kier alpha value is -0.650. The number of hydrogen-bond acceptors (Lipinski definition) is 5. The maximum absolute atomic E-state index is 9.86. The second kappa shape index (κ2) is 6.76. The minimum absolute atomic E-state index is 0.00136. The molecule has 15 heavy (non-hydrogen) atoms. The topological polar surface area (TPSA) is 76.0 Å². The van der Waals surface area contributed by atoms with E-state index in [9.17, 15) is 9.90 Å². The molecule has 2 atom stereocenters. The van der Waals surface area contributed by atoms with Crippen molar-refractivity contribution in [3.05, 3.63) is 0 Å². The van der Waals surface area contributed by atoms with Gasteiger partial charge in [-0.2, -0.15) is 0 Å². The van der Waals surface area contributed by atoms with Gasteiger partial charge in [-0.1, -0.05) is 20.8 Å². The molecular formula is C10H20O5. The van der Waals surface area contributed by atoms with Crippen molar-refractivity contribution in [1.82, 2.24) is 0 Å². The van der Waals surface area contributed by atoms with E-state index in [2.05, 4.69) is 4.74 Å². The van der Waals surface area contributed by atoms with Crippen molar-refractivity contribution in [2.45, 2.75) is 39.6 Å². The van der Waals surface area contributed by atoms with E-state index in [1.807, 2.05) is 20.8 Å². The summed E-state index contributed by atoms with van der Waals surface area (Å²) < 4.78 is 9.43. The third kappa shape index (κ3) is 8.35. The fourth-order valence-corrected chi connectivity index (χ4v) is 1.22. The van der Waals surface area contributed by atoms with Crippen LogP contribution in [0.3, 0.4) is 0 Å². The van der Waals surface area contributed by atoms with Crippen LogP contribution in [0.2, 0.25) is 0 Å². The summed E-state index contributed by atoms with van der Waals surface area (Å²) in [5.41, 5.74) is -0.00136. The molecule has 0 spiro atoms. The van der Waals surface area contributed by atoms with Gasteiger partial charge >= 0.3 is 0 Å². The van der Waals surface area contributed by atoms with Gasteiger partial charge in [0.25, 0.3) is 6.47 Å². The normalized spacial score (nSPS) is 15.8. The fourth-order valence-electron chi connectivity index (χ4n) is 1.22. The Morgan fingerprint density at radius 3 is 2.40 bits per heavy atom. The molecule has 5 heteroatoms. The molecule has 5 nitrogen and oxygen atoms in total. The second-order valence-electron chi connectivity index (χ2n) is 4.59. The second-order valence-corrected chi connectivity index (χ2v) is 4.59. The third-order valence-electron chi connectivity index (χ3n) is 1.70. The van der Waals surface area contributed by atoms with E-state index in [-0.39, 0.29) is 25.1 Å². The first kappa shape index (κ1) is 14.3. The molecule has 0 aromatic heterocycles. The molecule has 0 bridgehead atoms. The van der Waals surface area contributed by atoms with E-state index in [0.717, 1.165) is 0 Å². The van der Waals surface area contributed by atoms with Crippen molar-refractivity contribution in [2.75, 3.05) is 13.2 Å². The molecule has 2 N–H and O–H groups in total. The van der Waals surface area contributed by atoms with Crippen molar-refractivity contribution in [1.29, 1.82) is 0 Å². The molecule has 90 valence electrons. The number of hydrogen-bond donors (Lipinski definition) is 2. The van der Waals surface area contributed by atoms with E-state index < -0.39 is 12.4 Å². The van der Waals surface area contributed by atoms with Gasteiger partial charge in [0.1, 0.15) is 6.61 Å². The highest BCUT2D eigenvalue weighted by Crippen LogP contribution is 2.22. The Morgan fingerprint density at radius 1 is 1.40 bits per heavy atom. The lowest BCUT2D eigenvalue weighted by molar-refractivity contribution is -0.181. The first-order valence-corrected chi connectivity index (χ1v) is 4.88. The van der Waals surface area contributed by atoms with Crippen LogP contribution < -0.4 is 0 Å². The molecule has 0 amide bonds. The Bertz CT molecular complexity index is 175. The lowest BCUT2D eigenvalue weighted by atomic mass is 9.89. The van der Waals surface area contributed by atoms with Crippen LogP contribution in [0.1, 0.15) is 27.2 Å². The minimum atomic E-state index is -1.19. The molecule has 0 saturated heterocycles. The van der Waals surface area contributed by atoms with Crippen LogP contribution in [-0.4, -0.2) is 42.3 Å². The van der Waals surface area contributed by atoms with Gasteiger partial charge in [0.05, 0.1) is 12.7 Å². The maximum Gasteiger partial charge on any atom is 0.293 e. The average Bonchev–Trinajstić information content (AvgIpc) is 2.11. The van der Waals surface area contributed by atoms with Gasteiger partial charge in [-0.05, 0) is 11.8 Å². The highest BCUT2D eigenvalue weighted by molar-refractivity contribution is 5.36. The van der Waals surface area contributed by atoms with Gasteiger partial charge in [0.15, 0.2) is 6.29 Å². The van der Waals surface area contributed by atoms with Gasteiger partial charge in [-0.25, -0.2) is 0 Å². The van der Waals surface area contributed by atoms with E-state index in [1.54, 1.807) is 0 Å². The van der Waals surface area contributed by atoms with E-state index in [4.69, 9.17) is 9.84 Å². The smallest absolute Gasteiger partial charge is 0.293 e.